The van der Waals surface area contributed by atoms with E-state index in [4.69, 9.17) is 15.1 Å². The van der Waals surface area contributed by atoms with Gasteiger partial charge in [-0.05, 0) is 54.3 Å². The van der Waals surface area contributed by atoms with Crippen molar-refractivity contribution in [2.45, 2.75) is 29.2 Å². The van der Waals surface area contributed by atoms with Gasteiger partial charge in [-0.1, -0.05) is 30.3 Å². The summed E-state index contributed by atoms with van der Waals surface area (Å²) in [5, 5.41) is 10.4. The van der Waals surface area contributed by atoms with Crippen LogP contribution in [0.4, 0.5) is 0 Å². The number of nitrogens with one attached hydrogen (secondary N) is 1. The highest BCUT2D eigenvalue weighted by atomic mass is 32.2. The molecule has 0 amide bonds. The lowest BCUT2D eigenvalue weighted by Crippen LogP contribution is -2.33. The summed E-state index contributed by atoms with van der Waals surface area (Å²) in [6.45, 7) is 0.978. The second-order valence-electron chi connectivity index (χ2n) is 7.74. The van der Waals surface area contributed by atoms with E-state index in [9.17, 15) is 0 Å². The van der Waals surface area contributed by atoms with Gasteiger partial charge < -0.3 is 0 Å². The molecule has 4 heterocycles. The Hall–Kier alpha value is -3.03. The summed E-state index contributed by atoms with van der Waals surface area (Å²) in [6.07, 6.45) is 8.04. The van der Waals surface area contributed by atoms with Crippen molar-refractivity contribution in [1.29, 1.82) is 0 Å². The highest BCUT2D eigenvalue weighted by Gasteiger charge is 2.32. The zero-order valence-corrected chi connectivity index (χ0v) is 17.1. The maximum absolute atomic E-state index is 4.86. The lowest BCUT2D eigenvalue weighted by atomic mass is 10.0. The maximum Gasteiger partial charge on any atom is 0.194 e. The topological polar surface area (TPSA) is 68.5 Å². The van der Waals surface area contributed by atoms with Crippen LogP contribution in [-0.2, 0) is 0 Å². The number of benzene rings is 1. The first-order chi connectivity index (χ1) is 14.8. The monoisotopic (exact) mass is 412 g/mol. The van der Waals surface area contributed by atoms with Crippen molar-refractivity contribution >= 4 is 11.8 Å². The van der Waals surface area contributed by atoms with Crippen LogP contribution < -0.4 is 5.32 Å². The van der Waals surface area contributed by atoms with Gasteiger partial charge in [0.25, 0.3) is 0 Å². The number of fused-ring (bicyclic) bond motifs is 2. The first kappa shape index (κ1) is 17.8. The normalized spacial score (nSPS) is 17.4. The van der Waals surface area contributed by atoms with Gasteiger partial charge in [-0.25, -0.2) is 14.6 Å². The van der Waals surface area contributed by atoms with Crippen LogP contribution in [-0.4, -0.2) is 31.3 Å². The third-order valence-corrected chi connectivity index (χ3v) is 6.52. The molecule has 0 radical (unpaired) electrons. The first-order valence-electron chi connectivity index (χ1n) is 10.2. The van der Waals surface area contributed by atoms with Gasteiger partial charge in [-0.2, -0.15) is 0 Å². The number of pyridine rings is 2. The van der Waals surface area contributed by atoms with E-state index in [0.29, 0.717) is 5.82 Å². The Balaban J connectivity index is 1.43. The van der Waals surface area contributed by atoms with E-state index in [2.05, 4.69) is 40.6 Å². The minimum absolute atomic E-state index is 0.0778. The molecule has 0 spiro atoms. The van der Waals surface area contributed by atoms with Crippen molar-refractivity contribution in [3.8, 4) is 22.5 Å². The van der Waals surface area contributed by atoms with Crippen molar-refractivity contribution in [2.75, 3.05) is 6.54 Å². The van der Waals surface area contributed by atoms with Gasteiger partial charge in [0.1, 0.15) is 11.2 Å². The zero-order valence-electron chi connectivity index (χ0n) is 16.3. The predicted octanol–water partition coefficient (Wildman–Crippen LogP) is 4.41. The van der Waals surface area contributed by atoms with Crippen LogP contribution in [0.2, 0.25) is 0 Å². The summed E-state index contributed by atoms with van der Waals surface area (Å²) in [7, 11) is 0. The largest absolute Gasteiger partial charge is 0.291 e. The Morgan fingerprint density at radius 1 is 1.00 bits per heavy atom. The number of hydrogen-bond donors (Lipinski definition) is 1. The molecule has 7 heteroatoms. The van der Waals surface area contributed by atoms with E-state index in [1.54, 1.807) is 24.2 Å². The number of aromatic nitrogens is 5. The molecule has 6 nitrogen and oxygen atoms in total. The van der Waals surface area contributed by atoms with Crippen LogP contribution in [0.3, 0.4) is 0 Å². The molecule has 0 saturated heterocycles. The minimum Gasteiger partial charge on any atom is -0.291 e. The van der Waals surface area contributed by atoms with Crippen molar-refractivity contribution < 1.29 is 0 Å². The van der Waals surface area contributed by atoms with Crippen molar-refractivity contribution in [3.63, 3.8) is 0 Å². The molecule has 1 N–H and O–H groups in total. The standard InChI is InChI=1S/C23H20N6S/c1-2-5-16(6-3-1)18-11-19-21(25-12-15-8-9-15)29-23(30-22(19)26-14-18)27-20(28-29)17-7-4-10-24-13-17/h1-7,10-11,13-15,21,25H,8-9,12H2/t21-/m1/s1. The summed E-state index contributed by atoms with van der Waals surface area (Å²) in [5.74, 6) is 1.46. The molecule has 3 aromatic heterocycles. The van der Waals surface area contributed by atoms with E-state index in [1.165, 1.54) is 18.4 Å². The molecule has 1 aliphatic carbocycles. The van der Waals surface area contributed by atoms with Crippen LogP contribution >= 0.6 is 11.8 Å². The van der Waals surface area contributed by atoms with Crippen LogP contribution in [0.15, 0.2) is 77.3 Å². The minimum atomic E-state index is -0.0778. The summed E-state index contributed by atoms with van der Waals surface area (Å²) in [5.41, 5.74) is 4.35. The van der Waals surface area contributed by atoms with Crippen LogP contribution in [0.25, 0.3) is 22.5 Å². The molecule has 1 atom stereocenters. The maximum atomic E-state index is 4.86. The fourth-order valence-electron chi connectivity index (χ4n) is 3.72. The van der Waals surface area contributed by atoms with Gasteiger partial charge in [0, 0.05) is 41.8 Å². The van der Waals surface area contributed by atoms with Crippen LogP contribution in [0, 0.1) is 5.92 Å². The SMILES string of the molecule is c1ccc(-c2cnc3c(c2)[C@H](NCC2CC2)n2nc(-c4cccnc4)nc2S3)cc1. The smallest absolute Gasteiger partial charge is 0.194 e. The number of nitrogens with zero attached hydrogens (tertiary/aromatic N) is 5. The molecule has 4 aromatic rings. The molecule has 0 unspecified atom stereocenters. The molecule has 1 aliphatic heterocycles. The van der Waals surface area contributed by atoms with E-state index >= 15 is 0 Å². The molecule has 1 saturated carbocycles. The first-order valence-corrected chi connectivity index (χ1v) is 11.0. The fourth-order valence-corrected chi connectivity index (χ4v) is 4.66. The Labute approximate surface area is 178 Å². The van der Waals surface area contributed by atoms with Crippen LogP contribution in [0.1, 0.15) is 24.6 Å². The Morgan fingerprint density at radius 2 is 1.87 bits per heavy atom. The summed E-state index contributed by atoms with van der Waals surface area (Å²) >= 11 is 1.57. The molecule has 1 fully saturated rings. The van der Waals surface area contributed by atoms with Crippen molar-refractivity contribution in [2.24, 2.45) is 5.92 Å². The molecule has 30 heavy (non-hydrogen) atoms. The number of rotatable bonds is 5. The Kier molecular flexibility index (Phi) is 4.35. The molecule has 2 aliphatic rings. The zero-order chi connectivity index (χ0) is 19.9. The van der Waals surface area contributed by atoms with E-state index in [1.807, 2.05) is 29.1 Å². The third-order valence-electron chi connectivity index (χ3n) is 5.53. The third kappa shape index (κ3) is 3.30. The lowest BCUT2D eigenvalue weighted by Gasteiger charge is -2.26. The second kappa shape index (κ2) is 7.34. The Bertz CT molecular complexity index is 1190. The summed E-state index contributed by atoms with van der Waals surface area (Å²) in [4.78, 5) is 13.8. The molecular weight excluding hydrogens is 392 g/mol. The molecular formula is C23H20N6S. The molecule has 0 bridgehead atoms. The summed E-state index contributed by atoms with van der Waals surface area (Å²) in [6, 6.07) is 16.5. The lowest BCUT2D eigenvalue weighted by molar-refractivity contribution is 0.381. The van der Waals surface area contributed by atoms with Crippen molar-refractivity contribution in [1.82, 2.24) is 30.0 Å². The highest BCUT2D eigenvalue weighted by molar-refractivity contribution is 7.99. The molecule has 6 rings (SSSR count). The van der Waals surface area contributed by atoms with Gasteiger partial charge in [-0.3, -0.25) is 10.3 Å². The quantitative estimate of drug-likeness (QED) is 0.524. The van der Waals surface area contributed by atoms with Gasteiger partial charge in [0.2, 0.25) is 0 Å². The van der Waals surface area contributed by atoms with Gasteiger partial charge in [0.05, 0.1) is 0 Å². The van der Waals surface area contributed by atoms with Gasteiger partial charge in [-0.15, -0.1) is 5.10 Å². The number of hydrogen-bond acceptors (Lipinski definition) is 6. The van der Waals surface area contributed by atoms with E-state index < -0.39 is 0 Å². The van der Waals surface area contributed by atoms with Crippen LogP contribution in [0.5, 0.6) is 0 Å². The highest BCUT2D eigenvalue weighted by Crippen LogP contribution is 2.41. The predicted molar refractivity (Wildman–Crippen MR) is 116 cm³/mol. The average Bonchev–Trinajstić information content (AvgIpc) is 3.54. The van der Waals surface area contributed by atoms with Gasteiger partial charge >= 0.3 is 0 Å². The van der Waals surface area contributed by atoms with E-state index in [-0.39, 0.29) is 6.17 Å². The fraction of sp³-hybridized carbons (Fsp3) is 0.217. The Morgan fingerprint density at radius 3 is 2.67 bits per heavy atom. The molecule has 1 aromatic carbocycles. The molecule has 148 valence electrons. The van der Waals surface area contributed by atoms with Crippen molar-refractivity contribution in [3.05, 3.63) is 72.7 Å². The average molecular weight is 413 g/mol. The van der Waals surface area contributed by atoms with Gasteiger partial charge in [0.15, 0.2) is 11.0 Å². The second-order valence-corrected chi connectivity index (χ2v) is 8.70. The van der Waals surface area contributed by atoms with E-state index in [0.717, 1.165) is 39.3 Å². The summed E-state index contributed by atoms with van der Waals surface area (Å²) < 4.78 is 2.01.